The molecule has 0 amide bonds. The zero-order valence-electron chi connectivity index (χ0n) is 14.9. The molecule has 4 saturated carbocycles. The van der Waals surface area contributed by atoms with Crippen molar-refractivity contribution >= 4 is 22.0 Å². The summed E-state index contributed by atoms with van der Waals surface area (Å²) in [6.45, 7) is 0. The Kier molecular flexibility index (Phi) is 3.14. The van der Waals surface area contributed by atoms with Gasteiger partial charge in [0.1, 0.15) is 5.01 Å². The number of nitro benzene ring substituents is 1. The fourth-order valence-electron chi connectivity index (χ4n) is 6.22. The Morgan fingerprint density at radius 3 is 2.26 bits per heavy atom. The zero-order valence-corrected chi connectivity index (χ0v) is 15.7. The number of rotatable bonds is 3. The second kappa shape index (κ2) is 5.38. The second-order valence-electron chi connectivity index (χ2n) is 8.76. The van der Waals surface area contributed by atoms with Crippen molar-refractivity contribution in [3.63, 3.8) is 0 Å². The molecule has 4 aliphatic carbocycles. The van der Waals surface area contributed by atoms with E-state index in [1.807, 2.05) is 4.52 Å². The van der Waals surface area contributed by atoms with Crippen molar-refractivity contribution in [2.75, 3.05) is 0 Å². The van der Waals surface area contributed by atoms with E-state index >= 15 is 0 Å². The molecule has 1 aromatic carbocycles. The van der Waals surface area contributed by atoms with Gasteiger partial charge in [-0.1, -0.05) is 11.3 Å². The molecule has 2 aromatic heterocycles. The number of hydrogen-bond acceptors (Lipinski definition) is 5. The summed E-state index contributed by atoms with van der Waals surface area (Å²) in [6, 6.07) is 6.58. The SMILES string of the molecule is O=[N+]([O-])c1ccc(-c2nn3cc(C45CC6CC(CC(C6)C4)C5)nc3s2)cc1. The van der Waals surface area contributed by atoms with Crippen LogP contribution in [0, 0.1) is 27.9 Å². The fraction of sp³-hybridized carbons (Fsp3) is 0.500. The molecule has 6 nitrogen and oxygen atoms in total. The van der Waals surface area contributed by atoms with Gasteiger partial charge in [-0.15, -0.1) is 0 Å². The first-order valence-corrected chi connectivity index (χ1v) is 10.5. The average Bonchev–Trinajstić information content (AvgIpc) is 3.20. The lowest BCUT2D eigenvalue weighted by Gasteiger charge is -2.56. The molecule has 0 spiro atoms. The lowest BCUT2D eigenvalue weighted by Crippen LogP contribution is -2.48. The Hall–Kier alpha value is -2.28. The number of fused-ring (bicyclic) bond motifs is 1. The van der Waals surface area contributed by atoms with Crippen molar-refractivity contribution in [3.8, 4) is 10.6 Å². The number of hydrogen-bond donors (Lipinski definition) is 0. The molecule has 2 heterocycles. The molecule has 0 atom stereocenters. The highest BCUT2D eigenvalue weighted by Gasteiger charge is 2.52. The lowest BCUT2D eigenvalue weighted by molar-refractivity contribution is -0.384. The molecule has 7 heteroatoms. The van der Waals surface area contributed by atoms with E-state index in [1.165, 1.54) is 56.4 Å². The number of non-ortho nitro benzene ring substituents is 1. The zero-order chi connectivity index (χ0) is 18.2. The predicted molar refractivity (Wildman–Crippen MR) is 103 cm³/mol. The minimum atomic E-state index is -0.379. The first-order valence-electron chi connectivity index (χ1n) is 9.69. The van der Waals surface area contributed by atoms with Gasteiger partial charge in [0.05, 0.1) is 16.8 Å². The van der Waals surface area contributed by atoms with E-state index in [9.17, 15) is 10.1 Å². The van der Waals surface area contributed by atoms with Gasteiger partial charge in [-0.05, 0) is 68.4 Å². The van der Waals surface area contributed by atoms with Gasteiger partial charge in [-0.25, -0.2) is 9.50 Å². The monoisotopic (exact) mass is 380 g/mol. The van der Waals surface area contributed by atoms with Crippen LogP contribution in [0.1, 0.15) is 44.2 Å². The van der Waals surface area contributed by atoms with Crippen LogP contribution in [-0.4, -0.2) is 19.5 Å². The highest BCUT2D eigenvalue weighted by Crippen LogP contribution is 2.60. The molecule has 27 heavy (non-hydrogen) atoms. The van der Waals surface area contributed by atoms with E-state index in [2.05, 4.69) is 6.20 Å². The summed E-state index contributed by atoms with van der Waals surface area (Å²) in [5, 5.41) is 16.4. The van der Waals surface area contributed by atoms with Gasteiger partial charge in [0.25, 0.3) is 5.69 Å². The van der Waals surface area contributed by atoms with E-state index < -0.39 is 0 Å². The first kappa shape index (κ1) is 15.7. The van der Waals surface area contributed by atoms with Gasteiger partial charge in [0.15, 0.2) is 0 Å². The molecule has 7 rings (SSSR count). The molecule has 0 saturated heterocycles. The molecular weight excluding hydrogens is 360 g/mol. The number of imidazole rings is 1. The number of nitro groups is 1. The standard InChI is InChI=1S/C20H20N4O2S/c25-24(26)16-3-1-15(2-4-16)18-22-23-11-17(21-19(23)27-18)20-8-12-5-13(9-20)7-14(6-12)10-20/h1-4,11-14H,5-10H2. The van der Waals surface area contributed by atoms with Crippen molar-refractivity contribution in [3.05, 3.63) is 46.3 Å². The first-order chi connectivity index (χ1) is 13.1. The van der Waals surface area contributed by atoms with Crippen molar-refractivity contribution in [1.82, 2.24) is 14.6 Å². The Morgan fingerprint density at radius 2 is 1.70 bits per heavy atom. The van der Waals surface area contributed by atoms with Crippen LogP contribution >= 0.6 is 11.3 Å². The van der Waals surface area contributed by atoms with Crippen molar-refractivity contribution in [1.29, 1.82) is 0 Å². The largest absolute Gasteiger partial charge is 0.269 e. The Labute approximate surface area is 160 Å². The summed E-state index contributed by atoms with van der Waals surface area (Å²) in [7, 11) is 0. The normalized spacial score (nSPS) is 31.6. The van der Waals surface area contributed by atoms with Crippen LogP contribution in [0.5, 0.6) is 0 Å². The van der Waals surface area contributed by atoms with Crippen molar-refractivity contribution < 1.29 is 4.92 Å². The van der Waals surface area contributed by atoms with E-state index in [4.69, 9.17) is 10.1 Å². The van der Waals surface area contributed by atoms with Crippen LogP contribution in [0.15, 0.2) is 30.5 Å². The molecule has 0 aliphatic heterocycles. The lowest BCUT2D eigenvalue weighted by atomic mass is 9.49. The van der Waals surface area contributed by atoms with Crippen LogP contribution in [0.3, 0.4) is 0 Å². The predicted octanol–water partition coefficient (Wildman–Crippen LogP) is 4.83. The minimum Gasteiger partial charge on any atom is -0.258 e. The van der Waals surface area contributed by atoms with Gasteiger partial charge in [0.2, 0.25) is 4.96 Å². The maximum atomic E-state index is 10.8. The van der Waals surface area contributed by atoms with Crippen LogP contribution in [0.4, 0.5) is 5.69 Å². The van der Waals surface area contributed by atoms with Gasteiger partial charge in [0, 0.05) is 23.1 Å². The molecule has 138 valence electrons. The Bertz CT molecular complexity index is 985. The van der Waals surface area contributed by atoms with Crippen molar-refractivity contribution in [2.24, 2.45) is 17.8 Å². The van der Waals surface area contributed by atoms with Crippen LogP contribution < -0.4 is 0 Å². The van der Waals surface area contributed by atoms with Gasteiger partial charge in [-0.2, -0.15) is 5.10 Å². The summed E-state index contributed by atoms with van der Waals surface area (Å²) in [5.41, 5.74) is 2.53. The van der Waals surface area contributed by atoms with E-state index in [-0.39, 0.29) is 16.0 Å². The topological polar surface area (TPSA) is 73.3 Å². The highest BCUT2D eigenvalue weighted by molar-refractivity contribution is 7.19. The molecule has 0 unspecified atom stereocenters. The minimum absolute atomic E-state index is 0.101. The van der Waals surface area contributed by atoms with Crippen LogP contribution in [0.25, 0.3) is 15.5 Å². The fourth-order valence-corrected chi connectivity index (χ4v) is 7.11. The maximum Gasteiger partial charge on any atom is 0.269 e. The summed E-state index contributed by atoms with van der Waals surface area (Å²) < 4.78 is 1.91. The van der Waals surface area contributed by atoms with E-state index in [1.54, 1.807) is 23.5 Å². The van der Waals surface area contributed by atoms with Crippen LogP contribution in [-0.2, 0) is 5.41 Å². The molecule has 4 fully saturated rings. The highest BCUT2D eigenvalue weighted by atomic mass is 32.1. The summed E-state index contributed by atoms with van der Waals surface area (Å²) in [5.74, 6) is 2.71. The molecular formula is C20H20N4O2S. The van der Waals surface area contributed by atoms with Crippen LogP contribution in [0.2, 0.25) is 0 Å². The molecule has 4 bridgehead atoms. The summed E-state index contributed by atoms with van der Waals surface area (Å²) in [4.78, 5) is 16.4. The Balaban J connectivity index is 1.34. The van der Waals surface area contributed by atoms with Crippen molar-refractivity contribution in [2.45, 2.75) is 43.9 Å². The second-order valence-corrected chi connectivity index (χ2v) is 9.72. The van der Waals surface area contributed by atoms with Gasteiger partial charge in [-0.3, -0.25) is 10.1 Å². The number of benzene rings is 1. The van der Waals surface area contributed by atoms with E-state index in [0.29, 0.717) is 0 Å². The van der Waals surface area contributed by atoms with Gasteiger partial charge < -0.3 is 0 Å². The molecule has 0 N–H and O–H groups in total. The Morgan fingerprint density at radius 1 is 1.07 bits per heavy atom. The molecule has 4 aliphatic rings. The smallest absolute Gasteiger partial charge is 0.258 e. The maximum absolute atomic E-state index is 10.8. The quantitative estimate of drug-likeness (QED) is 0.482. The third-order valence-electron chi connectivity index (χ3n) is 6.95. The number of aromatic nitrogens is 3. The third-order valence-corrected chi connectivity index (χ3v) is 7.92. The van der Waals surface area contributed by atoms with Gasteiger partial charge >= 0.3 is 0 Å². The molecule has 3 aromatic rings. The summed E-state index contributed by atoms with van der Waals surface area (Å²) >= 11 is 1.56. The average molecular weight is 380 g/mol. The summed E-state index contributed by atoms with van der Waals surface area (Å²) in [6.07, 6.45) is 10.4. The number of nitrogens with zero attached hydrogens (tertiary/aromatic N) is 4. The molecule has 0 radical (unpaired) electrons. The third kappa shape index (κ3) is 2.37. The van der Waals surface area contributed by atoms with E-state index in [0.717, 1.165) is 33.3 Å².